The molecule has 2 aromatic heterocycles. The third kappa shape index (κ3) is 4.52. The first-order chi connectivity index (χ1) is 11.3. The monoisotopic (exact) mass is 308 g/mol. The Morgan fingerprint density at radius 3 is 2.30 bits per heavy atom. The van der Waals surface area contributed by atoms with Crippen LogP contribution in [0.2, 0.25) is 0 Å². The van der Waals surface area contributed by atoms with Crippen LogP contribution in [-0.2, 0) is 26.2 Å². The molecule has 0 fully saturated rings. The molecule has 118 valence electrons. The van der Waals surface area contributed by atoms with Crippen LogP contribution in [0, 0.1) is 0 Å². The smallest absolute Gasteiger partial charge is 0.117 e. The zero-order valence-electron chi connectivity index (χ0n) is 12.9. The van der Waals surface area contributed by atoms with Crippen molar-refractivity contribution in [2.75, 3.05) is 0 Å². The first kappa shape index (κ1) is 15.5. The first-order valence-corrected chi connectivity index (χ1v) is 7.66. The lowest BCUT2D eigenvalue weighted by Gasteiger charge is -2.21. The SMILES string of the molecule is OCc1ccc(CN(Cc2cccnc2)Cc2ccco2)cc1. The van der Waals surface area contributed by atoms with E-state index in [1.54, 1.807) is 12.5 Å². The van der Waals surface area contributed by atoms with Crippen molar-refractivity contribution >= 4 is 0 Å². The van der Waals surface area contributed by atoms with Gasteiger partial charge in [0.05, 0.1) is 19.4 Å². The van der Waals surface area contributed by atoms with Crippen LogP contribution in [0.15, 0.2) is 71.6 Å². The largest absolute Gasteiger partial charge is 0.468 e. The van der Waals surface area contributed by atoms with Crippen LogP contribution in [0.3, 0.4) is 0 Å². The Bertz CT molecular complexity index is 694. The van der Waals surface area contributed by atoms with Gasteiger partial charge < -0.3 is 9.52 Å². The number of benzene rings is 1. The Balaban J connectivity index is 1.73. The van der Waals surface area contributed by atoms with E-state index in [0.717, 1.165) is 31.0 Å². The van der Waals surface area contributed by atoms with Crippen LogP contribution >= 0.6 is 0 Å². The Labute approximate surface area is 136 Å². The number of aliphatic hydroxyl groups is 1. The van der Waals surface area contributed by atoms with Crippen LogP contribution in [-0.4, -0.2) is 15.0 Å². The van der Waals surface area contributed by atoms with E-state index in [2.05, 4.69) is 28.1 Å². The zero-order valence-corrected chi connectivity index (χ0v) is 12.9. The minimum atomic E-state index is 0.0755. The van der Waals surface area contributed by atoms with Gasteiger partial charge in [-0.2, -0.15) is 0 Å². The Hall–Kier alpha value is -2.43. The number of nitrogens with zero attached hydrogens (tertiary/aromatic N) is 2. The van der Waals surface area contributed by atoms with Gasteiger partial charge in [-0.3, -0.25) is 9.88 Å². The summed E-state index contributed by atoms with van der Waals surface area (Å²) in [6, 6.07) is 16.0. The molecule has 4 nitrogen and oxygen atoms in total. The maximum Gasteiger partial charge on any atom is 0.117 e. The molecule has 0 aliphatic carbocycles. The van der Waals surface area contributed by atoms with Gasteiger partial charge in [0.1, 0.15) is 5.76 Å². The highest BCUT2D eigenvalue weighted by molar-refractivity contribution is 5.22. The summed E-state index contributed by atoms with van der Waals surface area (Å²) in [6.45, 7) is 2.42. The summed E-state index contributed by atoms with van der Waals surface area (Å²) in [5.41, 5.74) is 3.31. The molecule has 2 heterocycles. The van der Waals surface area contributed by atoms with Crippen LogP contribution < -0.4 is 0 Å². The van der Waals surface area contributed by atoms with E-state index >= 15 is 0 Å². The highest BCUT2D eigenvalue weighted by Crippen LogP contribution is 2.15. The molecule has 3 rings (SSSR count). The highest BCUT2D eigenvalue weighted by atomic mass is 16.3. The molecule has 1 aromatic carbocycles. The van der Waals surface area contributed by atoms with Crippen LogP contribution in [0.25, 0.3) is 0 Å². The summed E-state index contributed by atoms with van der Waals surface area (Å²) in [6.07, 6.45) is 5.38. The molecule has 0 aliphatic rings. The molecular weight excluding hydrogens is 288 g/mol. The fourth-order valence-corrected chi connectivity index (χ4v) is 2.55. The number of hydrogen-bond donors (Lipinski definition) is 1. The number of aromatic nitrogens is 1. The molecule has 0 radical (unpaired) electrons. The second-order valence-electron chi connectivity index (χ2n) is 5.56. The lowest BCUT2D eigenvalue weighted by atomic mass is 10.1. The van der Waals surface area contributed by atoms with Gasteiger partial charge in [0, 0.05) is 25.5 Å². The number of rotatable bonds is 7. The van der Waals surface area contributed by atoms with Crippen molar-refractivity contribution in [1.29, 1.82) is 0 Å². The van der Waals surface area contributed by atoms with E-state index in [9.17, 15) is 0 Å². The molecule has 0 atom stereocenters. The summed E-state index contributed by atoms with van der Waals surface area (Å²) in [5, 5.41) is 9.15. The fourth-order valence-electron chi connectivity index (χ4n) is 2.55. The van der Waals surface area contributed by atoms with Gasteiger partial charge in [-0.25, -0.2) is 0 Å². The van der Waals surface area contributed by atoms with Crippen molar-refractivity contribution in [3.05, 3.63) is 89.6 Å². The number of hydrogen-bond acceptors (Lipinski definition) is 4. The van der Waals surface area contributed by atoms with E-state index in [0.29, 0.717) is 0 Å². The average Bonchev–Trinajstić information content (AvgIpc) is 3.09. The number of furan rings is 1. The fraction of sp³-hybridized carbons (Fsp3) is 0.211. The summed E-state index contributed by atoms with van der Waals surface area (Å²) in [4.78, 5) is 6.50. The van der Waals surface area contributed by atoms with Gasteiger partial charge in [-0.1, -0.05) is 30.3 Å². The standard InChI is InChI=1S/C19H20N2O2/c22-15-17-7-5-16(6-8-17)12-21(14-19-4-2-10-23-19)13-18-3-1-9-20-11-18/h1-11,22H,12-15H2. The highest BCUT2D eigenvalue weighted by Gasteiger charge is 2.10. The van der Waals surface area contributed by atoms with Gasteiger partial charge in [-0.05, 0) is 34.9 Å². The third-order valence-electron chi connectivity index (χ3n) is 3.70. The molecule has 0 saturated heterocycles. The first-order valence-electron chi connectivity index (χ1n) is 7.66. The Morgan fingerprint density at radius 2 is 1.65 bits per heavy atom. The zero-order chi connectivity index (χ0) is 15.9. The van der Waals surface area contributed by atoms with E-state index in [4.69, 9.17) is 9.52 Å². The minimum Gasteiger partial charge on any atom is -0.468 e. The molecule has 1 N–H and O–H groups in total. The normalized spacial score (nSPS) is 11.0. The van der Waals surface area contributed by atoms with Crippen molar-refractivity contribution in [2.24, 2.45) is 0 Å². The summed E-state index contributed by atoms with van der Waals surface area (Å²) >= 11 is 0. The molecule has 4 heteroatoms. The van der Waals surface area contributed by atoms with Crippen LogP contribution in [0.4, 0.5) is 0 Å². The Kier molecular flexibility index (Phi) is 5.19. The second kappa shape index (κ2) is 7.72. The molecule has 0 aliphatic heterocycles. The summed E-state index contributed by atoms with van der Waals surface area (Å²) < 4.78 is 5.49. The van der Waals surface area contributed by atoms with Crippen molar-refractivity contribution in [1.82, 2.24) is 9.88 Å². The lowest BCUT2D eigenvalue weighted by Crippen LogP contribution is -2.22. The maximum absolute atomic E-state index is 9.15. The van der Waals surface area contributed by atoms with Gasteiger partial charge in [-0.15, -0.1) is 0 Å². The molecule has 0 bridgehead atoms. The third-order valence-corrected chi connectivity index (χ3v) is 3.70. The van der Waals surface area contributed by atoms with Gasteiger partial charge in [0.15, 0.2) is 0 Å². The number of pyridine rings is 1. The summed E-state index contributed by atoms with van der Waals surface area (Å²) in [7, 11) is 0. The average molecular weight is 308 g/mol. The van der Waals surface area contributed by atoms with Crippen molar-refractivity contribution in [3.63, 3.8) is 0 Å². The molecule has 0 saturated carbocycles. The molecule has 0 unspecified atom stereocenters. The van der Waals surface area contributed by atoms with E-state index in [1.165, 1.54) is 11.1 Å². The molecule has 0 amide bonds. The molecule has 23 heavy (non-hydrogen) atoms. The quantitative estimate of drug-likeness (QED) is 0.727. The van der Waals surface area contributed by atoms with Crippen molar-refractivity contribution < 1.29 is 9.52 Å². The minimum absolute atomic E-state index is 0.0755. The molecule has 0 spiro atoms. The van der Waals surface area contributed by atoms with E-state index in [-0.39, 0.29) is 6.61 Å². The molecule has 3 aromatic rings. The van der Waals surface area contributed by atoms with Gasteiger partial charge in [0.2, 0.25) is 0 Å². The van der Waals surface area contributed by atoms with Crippen LogP contribution in [0.5, 0.6) is 0 Å². The van der Waals surface area contributed by atoms with Gasteiger partial charge >= 0.3 is 0 Å². The maximum atomic E-state index is 9.15. The predicted molar refractivity (Wildman–Crippen MR) is 88.3 cm³/mol. The topological polar surface area (TPSA) is 49.5 Å². The van der Waals surface area contributed by atoms with Crippen molar-refractivity contribution in [3.8, 4) is 0 Å². The molecular formula is C19H20N2O2. The van der Waals surface area contributed by atoms with E-state index in [1.807, 2.05) is 36.5 Å². The van der Waals surface area contributed by atoms with Gasteiger partial charge in [0.25, 0.3) is 0 Å². The van der Waals surface area contributed by atoms with Crippen molar-refractivity contribution in [2.45, 2.75) is 26.2 Å². The van der Waals surface area contributed by atoms with Crippen LogP contribution in [0.1, 0.15) is 22.5 Å². The second-order valence-corrected chi connectivity index (χ2v) is 5.56. The Morgan fingerprint density at radius 1 is 0.870 bits per heavy atom. The van der Waals surface area contributed by atoms with E-state index < -0.39 is 0 Å². The summed E-state index contributed by atoms with van der Waals surface area (Å²) in [5.74, 6) is 0.945. The number of aliphatic hydroxyl groups excluding tert-OH is 1. The predicted octanol–water partition coefficient (Wildman–Crippen LogP) is 3.37. The lowest BCUT2D eigenvalue weighted by molar-refractivity contribution is 0.226.